The van der Waals surface area contributed by atoms with Gasteiger partial charge in [0.05, 0.1) is 12.4 Å². The van der Waals surface area contributed by atoms with E-state index in [0.717, 1.165) is 5.56 Å². The number of carboxylic acids is 1. The predicted molar refractivity (Wildman–Crippen MR) is 142 cm³/mol. The van der Waals surface area contributed by atoms with Gasteiger partial charge in [-0.15, -0.1) is 0 Å². The summed E-state index contributed by atoms with van der Waals surface area (Å²) in [6.45, 7) is 3.75. The summed E-state index contributed by atoms with van der Waals surface area (Å²) in [5.74, 6) is -4.00. The number of benzene rings is 1. The Morgan fingerprint density at radius 2 is 1.54 bits per heavy atom. The molecule has 0 saturated heterocycles. The van der Waals surface area contributed by atoms with Crippen LogP contribution in [0.4, 0.5) is 0 Å². The number of carbonyl (C=O) groups excluding carboxylic acids is 4. The van der Waals surface area contributed by atoms with Crippen LogP contribution in [0.3, 0.4) is 0 Å². The molecule has 4 amide bonds. The second-order valence-corrected chi connectivity index (χ2v) is 9.73. The third-order valence-corrected chi connectivity index (χ3v) is 5.88. The van der Waals surface area contributed by atoms with E-state index in [0.29, 0.717) is 5.69 Å². The molecule has 9 N–H and O–H groups in total. The van der Waals surface area contributed by atoms with Crippen LogP contribution in [-0.4, -0.2) is 68.8 Å². The molecule has 1 aromatic carbocycles. The molecule has 1 aromatic heterocycles. The zero-order valence-electron chi connectivity index (χ0n) is 22.1. The van der Waals surface area contributed by atoms with Gasteiger partial charge in [-0.3, -0.25) is 19.2 Å². The SMILES string of the molecule is CC(C)CC(NC(=O)C(N)Cc1ccccc1)C(=O)NC(Cc1cnc[nH]1)C(=O)NC(CCC(N)=O)C(=O)O. The van der Waals surface area contributed by atoms with E-state index in [2.05, 4.69) is 25.9 Å². The predicted octanol–water partition coefficient (Wildman–Crippen LogP) is -0.627. The first kappa shape index (κ1) is 31.0. The molecule has 0 radical (unpaired) electrons. The molecule has 4 atom stereocenters. The third-order valence-electron chi connectivity index (χ3n) is 5.88. The number of nitrogens with two attached hydrogens (primary N) is 2. The number of amides is 4. The topological polar surface area (TPSA) is 222 Å². The van der Waals surface area contributed by atoms with E-state index in [1.807, 2.05) is 44.2 Å². The van der Waals surface area contributed by atoms with Crippen molar-refractivity contribution in [2.24, 2.45) is 17.4 Å². The fourth-order valence-electron chi connectivity index (χ4n) is 3.86. The molecule has 0 aliphatic rings. The molecule has 2 rings (SSSR count). The van der Waals surface area contributed by atoms with E-state index in [4.69, 9.17) is 11.5 Å². The van der Waals surface area contributed by atoms with Crippen LogP contribution in [0.15, 0.2) is 42.9 Å². The highest BCUT2D eigenvalue weighted by atomic mass is 16.4. The van der Waals surface area contributed by atoms with Gasteiger partial charge < -0.3 is 37.5 Å². The van der Waals surface area contributed by atoms with Crippen LogP contribution in [0.25, 0.3) is 0 Å². The first-order valence-corrected chi connectivity index (χ1v) is 12.6. The number of imidazole rings is 1. The van der Waals surface area contributed by atoms with Gasteiger partial charge in [-0.05, 0) is 30.7 Å². The molecule has 4 unspecified atom stereocenters. The lowest BCUT2D eigenvalue weighted by molar-refractivity contribution is -0.142. The van der Waals surface area contributed by atoms with Crippen LogP contribution in [0.5, 0.6) is 0 Å². The quantitative estimate of drug-likeness (QED) is 0.144. The Morgan fingerprint density at radius 3 is 2.10 bits per heavy atom. The van der Waals surface area contributed by atoms with Gasteiger partial charge in [-0.2, -0.15) is 0 Å². The maximum absolute atomic E-state index is 13.3. The zero-order valence-corrected chi connectivity index (χ0v) is 22.1. The van der Waals surface area contributed by atoms with Gasteiger partial charge in [0.1, 0.15) is 18.1 Å². The van der Waals surface area contributed by atoms with Crippen LogP contribution >= 0.6 is 0 Å². The molecule has 13 heteroatoms. The Kier molecular flexibility index (Phi) is 12.1. The number of carboxylic acid groups (broad SMARTS) is 1. The highest BCUT2D eigenvalue weighted by molar-refractivity contribution is 5.94. The van der Waals surface area contributed by atoms with Crippen LogP contribution in [0.2, 0.25) is 0 Å². The molecule has 13 nitrogen and oxygen atoms in total. The summed E-state index contributed by atoms with van der Waals surface area (Å²) in [5.41, 5.74) is 12.6. The summed E-state index contributed by atoms with van der Waals surface area (Å²) in [7, 11) is 0. The minimum atomic E-state index is -1.40. The normalized spacial score (nSPS) is 14.1. The molecule has 39 heavy (non-hydrogen) atoms. The lowest BCUT2D eigenvalue weighted by atomic mass is 10.0. The van der Waals surface area contributed by atoms with Crippen molar-refractivity contribution in [1.29, 1.82) is 0 Å². The number of nitrogens with zero attached hydrogens (tertiary/aromatic N) is 1. The highest BCUT2D eigenvalue weighted by Gasteiger charge is 2.31. The number of hydrogen-bond donors (Lipinski definition) is 7. The molecular weight excluding hydrogens is 506 g/mol. The number of aliphatic carboxylic acids is 1. The van der Waals surface area contributed by atoms with Crippen molar-refractivity contribution in [1.82, 2.24) is 25.9 Å². The van der Waals surface area contributed by atoms with Crippen LogP contribution < -0.4 is 27.4 Å². The number of aromatic nitrogens is 2. The van der Waals surface area contributed by atoms with Crippen LogP contribution in [-0.2, 0) is 36.8 Å². The van der Waals surface area contributed by atoms with Gasteiger partial charge in [0.25, 0.3) is 0 Å². The standard InChI is InChI=1S/C26H37N7O6/c1-15(2)10-20(32-23(35)18(27)11-16-6-4-3-5-7-16)24(36)33-21(12-17-13-29-14-30-17)25(37)31-19(26(38)39)8-9-22(28)34/h3-7,13-15,18-21H,8-12,27H2,1-2H3,(H2,28,34)(H,29,30)(H,31,37)(H,32,35)(H,33,36)(H,38,39). The van der Waals surface area contributed by atoms with E-state index in [1.165, 1.54) is 12.5 Å². The maximum Gasteiger partial charge on any atom is 0.326 e. The monoisotopic (exact) mass is 543 g/mol. The van der Waals surface area contributed by atoms with Crippen molar-refractivity contribution in [3.8, 4) is 0 Å². The highest BCUT2D eigenvalue weighted by Crippen LogP contribution is 2.09. The molecule has 0 saturated carbocycles. The number of rotatable bonds is 16. The smallest absolute Gasteiger partial charge is 0.326 e. The van der Waals surface area contributed by atoms with Gasteiger partial charge in [-0.1, -0.05) is 44.2 Å². The first-order chi connectivity index (χ1) is 18.5. The largest absolute Gasteiger partial charge is 0.480 e. The molecule has 0 fully saturated rings. The lowest BCUT2D eigenvalue weighted by Crippen LogP contribution is -2.58. The fraction of sp³-hybridized carbons (Fsp3) is 0.462. The molecule has 0 aliphatic carbocycles. The molecule has 0 spiro atoms. The average Bonchev–Trinajstić information content (AvgIpc) is 3.38. The Balaban J connectivity index is 2.16. The molecule has 212 valence electrons. The fourth-order valence-corrected chi connectivity index (χ4v) is 3.86. The maximum atomic E-state index is 13.3. The van der Waals surface area contributed by atoms with E-state index in [9.17, 15) is 29.1 Å². The lowest BCUT2D eigenvalue weighted by Gasteiger charge is -2.26. The van der Waals surface area contributed by atoms with Gasteiger partial charge in [0, 0.05) is 24.7 Å². The summed E-state index contributed by atoms with van der Waals surface area (Å²) in [6.07, 6.45) is 2.90. The number of aromatic amines is 1. The van der Waals surface area contributed by atoms with Gasteiger partial charge >= 0.3 is 5.97 Å². The second-order valence-electron chi connectivity index (χ2n) is 9.73. The van der Waals surface area contributed by atoms with Crippen molar-refractivity contribution in [3.63, 3.8) is 0 Å². The Bertz CT molecular complexity index is 1110. The number of hydrogen-bond acceptors (Lipinski definition) is 7. The van der Waals surface area contributed by atoms with E-state index in [1.54, 1.807) is 0 Å². The minimum absolute atomic E-state index is 0.0106. The van der Waals surface area contributed by atoms with E-state index in [-0.39, 0.29) is 38.0 Å². The van der Waals surface area contributed by atoms with Crippen molar-refractivity contribution in [2.75, 3.05) is 0 Å². The molecule has 1 heterocycles. The minimum Gasteiger partial charge on any atom is -0.480 e. The average molecular weight is 544 g/mol. The van der Waals surface area contributed by atoms with Crippen molar-refractivity contribution in [2.45, 2.75) is 70.1 Å². The summed E-state index contributed by atoms with van der Waals surface area (Å²) in [6, 6.07) is 4.71. The summed E-state index contributed by atoms with van der Waals surface area (Å²) < 4.78 is 0. The van der Waals surface area contributed by atoms with Crippen LogP contribution in [0.1, 0.15) is 44.4 Å². The first-order valence-electron chi connectivity index (χ1n) is 12.6. The summed E-state index contributed by atoms with van der Waals surface area (Å²) in [4.78, 5) is 68.7. The third kappa shape index (κ3) is 10.9. The Hall–Kier alpha value is -4.26. The van der Waals surface area contributed by atoms with Gasteiger partial charge in [0.15, 0.2) is 0 Å². The second kappa shape index (κ2) is 15.2. The zero-order chi connectivity index (χ0) is 28.9. The Morgan fingerprint density at radius 1 is 0.923 bits per heavy atom. The van der Waals surface area contributed by atoms with Crippen molar-refractivity contribution >= 4 is 29.6 Å². The molecule has 0 bridgehead atoms. The van der Waals surface area contributed by atoms with Crippen molar-refractivity contribution < 1.29 is 29.1 Å². The van der Waals surface area contributed by atoms with Crippen molar-refractivity contribution in [3.05, 3.63) is 54.1 Å². The van der Waals surface area contributed by atoms with E-state index < -0.39 is 53.8 Å². The van der Waals surface area contributed by atoms with Gasteiger partial charge in [-0.25, -0.2) is 9.78 Å². The molecular formula is C26H37N7O6. The number of nitrogens with one attached hydrogen (secondary N) is 4. The number of primary amides is 1. The number of H-pyrrole nitrogens is 1. The summed E-state index contributed by atoms with van der Waals surface area (Å²) in [5, 5.41) is 17.1. The van der Waals surface area contributed by atoms with Gasteiger partial charge in [0.2, 0.25) is 23.6 Å². The van der Waals surface area contributed by atoms with E-state index >= 15 is 0 Å². The molecule has 0 aliphatic heterocycles. The molecule has 2 aromatic rings. The van der Waals surface area contributed by atoms with Crippen LogP contribution in [0, 0.1) is 5.92 Å². The summed E-state index contributed by atoms with van der Waals surface area (Å²) >= 11 is 0. The number of carbonyl (C=O) groups is 5. The Labute approximate surface area is 226 Å².